The molecule has 0 unspecified atom stereocenters. The second kappa shape index (κ2) is 27.2. The number of pyridine rings is 6. The lowest BCUT2D eigenvalue weighted by Crippen LogP contribution is -2.44. The largest absolute Gasteiger partial charge is 0.368 e. The first-order valence-electron chi connectivity index (χ1n) is 34.4. The van der Waals surface area contributed by atoms with Gasteiger partial charge in [-0.15, -0.1) is 0 Å². The number of fused-ring (bicyclic) bond motifs is 6. The molecule has 9 aromatic heterocycles. The molecule has 15 heterocycles. The summed E-state index contributed by atoms with van der Waals surface area (Å²) >= 11 is 0. The Kier molecular flexibility index (Phi) is 17.2. The molecule has 0 radical (unpaired) electrons. The normalized spacial score (nSPS) is 15.9. The summed E-state index contributed by atoms with van der Waals surface area (Å²) < 4.78 is 4.01. The van der Waals surface area contributed by atoms with E-state index < -0.39 is 0 Å². The fourth-order valence-corrected chi connectivity index (χ4v) is 14.7. The number of nitrogens with one attached hydrogen (secondary N) is 8. The van der Waals surface area contributed by atoms with Crippen molar-refractivity contribution in [3.05, 3.63) is 198 Å². The summed E-state index contributed by atoms with van der Waals surface area (Å²) in [6.07, 6.45) is 17.2. The highest BCUT2D eigenvalue weighted by molar-refractivity contribution is 6.10. The van der Waals surface area contributed by atoms with Gasteiger partial charge in [0.15, 0.2) is 0 Å². The van der Waals surface area contributed by atoms with Gasteiger partial charge >= 0.3 is 0 Å². The molecule has 0 aliphatic carbocycles. The van der Waals surface area contributed by atoms with Gasteiger partial charge in [0.1, 0.15) is 34.4 Å². The molecule has 6 aliphatic rings. The molecule has 0 saturated carbocycles. The van der Waals surface area contributed by atoms with E-state index in [4.69, 9.17) is 0 Å². The van der Waals surface area contributed by atoms with Crippen LogP contribution in [0.2, 0.25) is 0 Å². The number of hydrogen-bond donors (Lipinski definition) is 8. The standard InChI is InChI=1S/2C26H27N7O.C25H25N7O/c1-31-9-11-33(12-10-31)19-3-6-23(27-15-19)30-22-5-4-20(21-16-29-26(34)24(21)22)18-13-17-7-8-32(2)25(17)28-14-18;1-16-13-29-25-23(16)19(7-8-27-25)18-4-5-21(24-20(18)15-30-26(24)34)31-22-6-3-17(14-28-22)33-11-9-32(2)10-12-33;1-31-11-7-19-18(6-8-27-24(19)31)17-3-4-21(23-20(17)15-29-25(23)33)30-22-5-2-16(14-28-22)32-12-9-26-10-13-32/h3-8,13-15H,9-12,16H2,1-2H3,(H,27,30)(H,29,34);3-8,13-14H,9-12,15H2,1-2H3,(H,27,29)(H,28,31)(H,30,34);2-8,11,14,26H,9-10,12-13,15H2,1H3,(H,28,30)(H,29,33). The summed E-state index contributed by atoms with van der Waals surface area (Å²) in [5.74, 6) is 1.97. The number of anilines is 9. The minimum absolute atomic E-state index is 0.0647. The predicted molar refractivity (Wildman–Crippen MR) is 399 cm³/mol. The number of aromatic amines is 1. The Morgan fingerprint density at radius 2 is 0.891 bits per heavy atom. The van der Waals surface area contributed by atoms with Crippen molar-refractivity contribution < 1.29 is 14.4 Å². The van der Waals surface area contributed by atoms with Crippen LogP contribution in [0.15, 0.2) is 159 Å². The maximum Gasteiger partial charge on any atom is 0.254 e. The lowest BCUT2D eigenvalue weighted by Gasteiger charge is -2.33. The number of carbonyl (C=O) groups excluding carboxylic acids is 3. The first-order chi connectivity index (χ1) is 49.3. The van der Waals surface area contributed by atoms with E-state index in [2.05, 4.69) is 172 Å². The van der Waals surface area contributed by atoms with Gasteiger partial charge in [0.25, 0.3) is 17.7 Å². The van der Waals surface area contributed by atoms with Crippen LogP contribution in [0.4, 0.5) is 51.6 Å². The number of hydrogen-bond acceptors (Lipinski definition) is 18. The van der Waals surface area contributed by atoms with E-state index in [0.717, 1.165) is 219 Å². The third-order valence-corrected chi connectivity index (χ3v) is 20.3. The number of aromatic nitrogens is 9. The summed E-state index contributed by atoms with van der Waals surface area (Å²) in [6.45, 7) is 15.7. The first kappa shape index (κ1) is 64.0. The van der Waals surface area contributed by atoms with Crippen LogP contribution in [0.3, 0.4) is 0 Å². The Labute approximate surface area is 584 Å². The molecule has 3 fully saturated rings. The lowest BCUT2D eigenvalue weighted by molar-refractivity contribution is 0.0958. The molecule has 18 rings (SSSR count). The molecule has 3 amide bonds. The first-order valence-corrected chi connectivity index (χ1v) is 34.4. The average molecular weight is 1350 g/mol. The highest BCUT2D eigenvalue weighted by Gasteiger charge is 2.31. The lowest BCUT2D eigenvalue weighted by atomic mass is 9.93. The van der Waals surface area contributed by atoms with E-state index in [1.54, 1.807) is 0 Å². The van der Waals surface area contributed by atoms with E-state index in [-0.39, 0.29) is 17.7 Å². The molecule has 0 spiro atoms. The molecule has 510 valence electrons. The summed E-state index contributed by atoms with van der Waals surface area (Å²) in [6, 6.07) is 34.6. The second-order valence-corrected chi connectivity index (χ2v) is 26.6. The SMILES string of the molecule is CN1CCN(c2ccc(Nc3ccc(-c4cnc5c(ccn5C)c4)c4c3C(=O)NC4)nc2)CC1.Cc1c[nH]c2nccc(-c3ccc(Nc4ccc(N5CCN(C)CC5)cn4)c4c3CNC4=O)c12.Cn1ccc2c(-c3ccc(Nc4ccc(N5CCNCC5)cn4)c4c3CNC4=O)ccnc21. The fourth-order valence-electron chi connectivity index (χ4n) is 14.7. The van der Waals surface area contributed by atoms with Crippen LogP contribution in [0.25, 0.3) is 66.5 Å². The van der Waals surface area contributed by atoms with Crippen LogP contribution in [-0.2, 0) is 33.7 Å². The highest BCUT2D eigenvalue weighted by Crippen LogP contribution is 2.41. The third kappa shape index (κ3) is 12.6. The van der Waals surface area contributed by atoms with E-state index in [1.807, 2.05) is 128 Å². The predicted octanol–water partition coefficient (Wildman–Crippen LogP) is 10.1. The van der Waals surface area contributed by atoms with Crippen LogP contribution in [0.1, 0.15) is 53.3 Å². The highest BCUT2D eigenvalue weighted by atomic mass is 16.2. The molecule has 24 heteroatoms. The number of rotatable bonds is 12. The minimum atomic E-state index is -0.0674. The van der Waals surface area contributed by atoms with Crippen LogP contribution in [-0.4, -0.2) is 164 Å². The number of benzene rings is 3. The van der Waals surface area contributed by atoms with Crippen molar-refractivity contribution in [3.8, 4) is 33.4 Å². The zero-order valence-electron chi connectivity index (χ0n) is 57.2. The van der Waals surface area contributed by atoms with Gasteiger partial charge in [-0.25, -0.2) is 29.9 Å². The molecule has 0 atom stereocenters. The van der Waals surface area contributed by atoms with Gasteiger partial charge in [0, 0.05) is 171 Å². The Morgan fingerprint density at radius 3 is 1.42 bits per heavy atom. The zero-order valence-corrected chi connectivity index (χ0v) is 57.2. The van der Waals surface area contributed by atoms with Crippen molar-refractivity contribution in [1.82, 2.24) is 75.1 Å². The van der Waals surface area contributed by atoms with Gasteiger partial charge in [-0.1, -0.05) is 18.2 Å². The van der Waals surface area contributed by atoms with E-state index >= 15 is 0 Å². The third-order valence-electron chi connectivity index (χ3n) is 20.3. The zero-order chi connectivity index (χ0) is 68.8. The molecular formula is C77H79N21O3. The average Bonchev–Trinajstić information content (AvgIpc) is 1.66. The molecule has 0 bridgehead atoms. The number of nitrogens with zero attached hydrogens (tertiary/aromatic N) is 13. The smallest absolute Gasteiger partial charge is 0.254 e. The minimum Gasteiger partial charge on any atom is -0.368 e. The summed E-state index contributed by atoms with van der Waals surface area (Å²) in [5, 5.41) is 25.7. The maximum atomic E-state index is 12.8. The van der Waals surface area contributed by atoms with Crippen LogP contribution in [0, 0.1) is 6.92 Å². The Balaban J connectivity index is 0.000000118. The van der Waals surface area contributed by atoms with Gasteiger partial charge in [0.2, 0.25) is 0 Å². The Morgan fingerprint density at radius 1 is 0.426 bits per heavy atom. The topological polar surface area (TPSA) is 255 Å². The summed E-state index contributed by atoms with van der Waals surface area (Å²) in [5.41, 5.74) is 20.8. The maximum absolute atomic E-state index is 12.8. The Bertz CT molecular complexity index is 5140. The number of H-pyrrole nitrogens is 1. The quantitative estimate of drug-likeness (QED) is 0.0566. The Hall–Kier alpha value is -11.7. The van der Waals surface area contributed by atoms with Crippen molar-refractivity contribution in [2.75, 3.05) is 123 Å². The van der Waals surface area contributed by atoms with Crippen molar-refractivity contribution >= 4 is 102 Å². The van der Waals surface area contributed by atoms with Crippen LogP contribution >= 0.6 is 0 Å². The van der Waals surface area contributed by atoms with Gasteiger partial charge in [-0.05, 0) is 156 Å². The molecule has 12 aromatic rings. The fraction of sp³-hybridized carbons (Fsp3) is 0.260. The molecule has 24 nitrogen and oxygen atoms in total. The van der Waals surface area contributed by atoms with Gasteiger partial charge in [0.05, 0.1) is 69.4 Å². The molecule has 6 aliphatic heterocycles. The molecule has 3 aromatic carbocycles. The number of likely N-dealkylation sites (N-methyl/N-ethyl adjacent to an activating group) is 2. The summed E-state index contributed by atoms with van der Waals surface area (Å²) in [4.78, 5) is 80.8. The number of piperazine rings is 3. The van der Waals surface area contributed by atoms with Crippen molar-refractivity contribution in [2.45, 2.75) is 26.6 Å². The van der Waals surface area contributed by atoms with Crippen LogP contribution < -0.4 is 51.9 Å². The van der Waals surface area contributed by atoms with E-state index in [9.17, 15) is 14.4 Å². The van der Waals surface area contributed by atoms with E-state index in [0.29, 0.717) is 36.3 Å². The molecule has 101 heavy (non-hydrogen) atoms. The molecular weight excluding hydrogens is 1270 g/mol. The van der Waals surface area contributed by atoms with Crippen molar-refractivity contribution in [1.29, 1.82) is 0 Å². The van der Waals surface area contributed by atoms with Crippen molar-refractivity contribution in [2.24, 2.45) is 14.1 Å². The van der Waals surface area contributed by atoms with E-state index in [1.165, 1.54) is 0 Å². The monoisotopic (exact) mass is 1350 g/mol. The number of aryl methyl sites for hydroxylation is 3. The number of carbonyl (C=O) groups is 3. The van der Waals surface area contributed by atoms with Gasteiger partial charge in [-0.3, -0.25) is 14.4 Å². The molecule has 8 N–H and O–H groups in total. The van der Waals surface area contributed by atoms with Gasteiger partial charge in [-0.2, -0.15) is 0 Å². The second-order valence-electron chi connectivity index (χ2n) is 26.6. The summed E-state index contributed by atoms with van der Waals surface area (Å²) in [7, 11) is 8.28. The van der Waals surface area contributed by atoms with Gasteiger partial charge < -0.3 is 75.8 Å². The van der Waals surface area contributed by atoms with Crippen LogP contribution in [0.5, 0.6) is 0 Å². The molecule has 3 saturated heterocycles. The van der Waals surface area contributed by atoms with Crippen molar-refractivity contribution in [3.63, 3.8) is 0 Å². The number of amides is 3.